The number of para-hydroxylation sites is 1. The lowest BCUT2D eigenvalue weighted by molar-refractivity contribution is -0.143. The smallest absolute Gasteiger partial charge is 0.325 e. The third kappa shape index (κ3) is 5.21. The van der Waals surface area contributed by atoms with E-state index in [-0.39, 0.29) is 17.7 Å². The highest BCUT2D eigenvalue weighted by molar-refractivity contribution is 5.81. The highest BCUT2D eigenvalue weighted by atomic mass is 16.8. The molecule has 1 aromatic rings. The number of aliphatic carboxylic acids is 3. The molecule has 2 atom stereocenters. The van der Waals surface area contributed by atoms with Crippen LogP contribution in [-0.4, -0.2) is 44.5 Å². The largest absolute Gasteiger partial charge is 0.733 e. The lowest BCUT2D eigenvalue weighted by atomic mass is 10.0. The zero-order chi connectivity index (χ0) is 17.6. The number of carboxylic acids is 3. The number of carbonyl (C=O) groups is 3. The van der Waals surface area contributed by atoms with E-state index in [0.29, 0.717) is 0 Å². The first kappa shape index (κ1) is 18.4. The maximum atomic E-state index is 11.4. The number of nitrogens with one attached hydrogen (secondary N) is 1. The van der Waals surface area contributed by atoms with Crippen LogP contribution >= 0.6 is 0 Å². The minimum Gasteiger partial charge on any atom is -0.733 e. The Labute approximate surface area is 130 Å². The van der Waals surface area contributed by atoms with Gasteiger partial charge in [-0.3, -0.25) is 24.9 Å². The third-order valence-electron chi connectivity index (χ3n) is 3.01. The highest BCUT2D eigenvalue weighted by Crippen LogP contribution is 2.26. The number of rotatable bonds is 9. The maximum Gasteiger partial charge on any atom is 0.325 e. The molecule has 0 saturated carbocycles. The molecule has 0 heterocycles. The lowest BCUT2D eigenvalue weighted by Crippen LogP contribution is -2.42. The van der Waals surface area contributed by atoms with Crippen molar-refractivity contribution in [2.24, 2.45) is 0 Å². The zero-order valence-electron chi connectivity index (χ0n) is 11.7. The minimum atomic E-state index is -1.62. The Morgan fingerprint density at radius 3 is 2.22 bits per heavy atom. The molecule has 0 saturated heterocycles. The fourth-order valence-corrected chi connectivity index (χ4v) is 1.95. The molecule has 5 N–H and O–H groups in total. The van der Waals surface area contributed by atoms with Crippen LogP contribution in [0.2, 0.25) is 0 Å². The first-order chi connectivity index (χ1) is 10.7. The number of benzene rings is 1. The van der Waals surface area contributed by atoms with Gasteiger partial charge in [0.05, 0.1) is 5.69 Å². The highest BCUT2D eigenvalue weighted by Gasteiger charge is 2.29. The van der Waals surface area contributed by atoms with Gasteiger partial charge in [0.2, 0.25) is 0 Å². The second-order valence-electron chi connectivity index (χ2n) is 4.59. The van der Waals surface area contributed by atoms with Crippen molar-refractivity contribution in [3.63, 3.8) is 0 Å². The number of hydrogen-bond acceptors (Lipinski definition) is 7. The second-order valence-corrected chi connectivity index (χ2v) is 4.59. The van der Waals surface area contributed by atoms with Gasteiger partial charge in [0.25, 0.3) is 0 Å². The van der Waals surface area contributed by atoms with Gasteiger partial charge in [0, 0.05) is 12.0 Å². The molecule has 0 aromatic heterocycles. The molecule has 1 aromatic carbocycles. The van der Waals surface area contributed by atoms with E-state index in [2.05, 4.69) is 5.32 Å². The standard InChI is InChI=1S/C13H15N2O8/c16-10(17)6-5-8(12(18)19)14-11(13(20)21)7-3-1-2-4-9(7)15(22)23/h1-4,8,11,14,22H,5-6H2,(H,16,17)(H,18,19)(H,20,21)/q-1/t8-,11?/m0/s1. The monoisotopic (exact) mass is 327 g/mol. The van der Waals surface area contributed by atoms with E-state index < -0.39 is 41.6 Å². The van der Waals surface area contributed by atoms with Gasteiger partial charge in [-0.05, 0) is 12.5 Å². The third-order valence-corrected chi connectivity index (χ3v) is 3.01. The van der Waals surface area contributed by atoms with E-state index in [1.165, 1.54) is 18.2 Å². The van der Waals surface area contributed by atoms with Crippen molar-refractivity contribution in [1.82, 2.24) is 5.32 Å². The Balaban J connectivity index is 3.09. The zero-order valence-corrected chi connectivity index (χ0v) is 11.7. The number of anilines is 1. The Morgan fingerprint density at radius 1 is 1.13 bits per heavy atom. The topological polar surface area (TPSA) is 170 Å². The summed E-state index contributed by atoms with van der Waals surface area (Å²) in [6, 6.07) is 2.11. The molecule has 10 heteroatoms. The Bertz CT molecular complexity index is 589. The van der Waals surface area contributed by atoms with Crippen LogP contribution in [0.5, 0.6) is 0 Å². The molecule has 0 spiro atoms. The van der Waals surface area contributed by atoms with Crippen LogP contribution in [-0.2, 0) is 14.4 Å². The fourth-order valence-electron chi connectivity index (χ4n) is 1.95. The molecule has 0 aliphatic rings. The molecule has 0 amide bonds. The van der Waals surface area contributed by atoms with Crippen molar-refractivity contribution in [3.05, 3.63) is 35.0 Å². The molecule has 0 aliphatic carbocycles. The summed E-state index contributed by atoms with van der Waals surface area (Å²) >= 11 is 0. The van der Waals surface area contributed by atoms with Crippen molar-refractivity contribution in [2.45, 2.75) is 24.9 Å². The number of hydrogen-bond donors (Lipinski definition) is 5. The molecule has 10 nitrogen and oxygen atoms in total. The van der Waals surface area contributed by atoms with Crippen LogP contribution in [0, 0.1) is 5.21 Å². The van der Waals surface area contributed by atoms with Crippen molar-refractivity contribution >= 4 is 23.6 Å². The van der Waals surface area contributed by atoms with Crippen LogP contribution < -0.4 is 10.5 Å². The van der Waals surface area contributed by atoms with Gasteiger partial charge in [0.1, 0.15) is 12.1 Å². The lowest BCUT2D eigenvalue weighted by Gasteiger charge is -2.28. The normalized spacial score (nSPS) is 13.1. The molecule has 126 valence electrons. The summed E-state index contributed by atoms with van der Waals surface area (Å²) < 4.78 is 0. The summed E-state index contributed by atoms with van der Waals surface area (Å²) in [5.74, 6) is -4.15. The SMILES string of the molecule is O=C(O)CC[C@H](NC(C(=O)O)c1ccccc1N([O-])O)C(=O)O. The predicted octanol–water partition coefficient (Wildman–Crippen LogP) is 0.413. The summed E-state index contributed by atoms with van der Waals surface area (Å²) in [5, 5.41) is 48.8. The average Bonchev–Trinajstić information content (AvgIpc) is 2.46. The van der Waals surface area contributed by atoms with Gasteiger partial charge < -0.3 is 25.8 Å². The van der Waals surface area contributed by atoms with Gasteiger partial charge in [-0.25, -0.2) is 0 Å². The molecule has 1 rings (SSSR count). The van der Waals surface area contributed by atoms with E-state index in [1.54, 1.807) is 0 Å². The molecular weight excluding hydrogens is 312 g/mol. The van der Waals surface area contributed by atoms with Crippen LogP contribution in [0.15, 0.2) is 24.3 Å². The molecule has 0 fully saturated rings. The summed E-state index contributed by atoms with van der Waals surface area (Å²) in [5.41, 5.74) is -0.520. The predicted molar refractivity (Wildman–Crippen MR) is 75.9 cm³/mol. The first-order valence-electron chi connectivity index (χ1n) is 6.42. The van der Waals surface area contributed by atoms with Crippen LogP contribution in [0.3, 0.4) is 0 Å². The summed E-state index contributed by atoms with van der Waals surface area (Å²) in [6.07, 6.45) is -0.831. The Morgan fingerprint density at radius 2 is 1.74 bits per heavy atom. The van der Waals surface area contributed by atoms with Crippen molar-refractivity contribution in [1.29, 1.82) is 0 Å². The second kappa shape index (κ2) is 8.08. The van der Waals surface area contributed by atoms with Crippen LogP contribution in [0.25, 0.3) is 0 Å². The van der Waals surface area contributed by atoms with Gasteiger partial charge in [-0.15, -0.1) is 0 Å². The molecule has 1 unspecified atom stereocenters. The molecule has 23 heavy (non-hydrogen) atoms. The number of nitrogens with zero attached hydrogens (tertiary/aromatic N) is 1. The summed E-state index contributed by atoms with van der Waals surface area (Å²) in [4.78, 5) is 33.1. The van der Waals surface area contributed by atoms with Gasteiger partial charge in [-0.1, -0.05) is 18.2 Å². The van der Waals surface area contributed by atoms with E-state index >= 15 is 0 Å². The maximum absolute atomic E-state index is 11.4. The van der Waals surface area contributed by atoms with Gasteiger partial charge >= 0.3 is 17.9 Å². The first-order valence-corrected chi connectivity index (χ1v) is 6.42. The molecule has 0 aliphatic heterocycles. The van der Waals surface area contributed by atoms with E-state index in [4.69, 9.17) is 15.4 Å². The number of carboxylic acid groups (broad SMARTS) is 3. The van der Waals surface area contributed by atoms with Crippen LogP contribution in [0.1, 0.15) is 24.4 Å². The minimum absolute atomic E-state index is 0.154. The van der Waals surface area contributed by atoms with Gasteiger partial charge in [0.15, 0.2) is 0 Å². The Hall–Kier alpha value is -2.69. The van der Waals surface area contributed by atoms with Gasteiger partial charge in [-0.2, -0.15) is 0 Å². The molecular formula is C13H15N2O8-. The van der Waals surface area contributed by atoms with Crippen molar-refractivity contribution in [2.75, 3.05) is 5.23 Å². The fraction of sp³-hybridized carbons (Fsp3) is 0.308. The van der Waals surface area contributed by atoms with E-state index in [0.717, 1.165) is 6.07 Å². The quantitative estimate of drug-likeness (QED) is 0.400. The Kier molecular flexibility index (Phi) is 6.45. The summed E-state index contributed by atoms with van der Waals surface area (Å²) in [7, 11) is 0. The van der Waals surface area contributed by atoms with Crippen molar-refractivity contribution < 1.29 is 34.9 Å². The van der Waals surface area contributed by atoms with E-state index in [1.807, 2.05) is 0 Å². The summed E-state index contributed by atoms with van der Waals surface area (Å²) in [6.45, 7) is 0. The molecule has 0 radical (unpaired) electrons. The van der Waals surface area contributed by atoms with E-state index in [9.17, 15) is 24.7 Å². The van der Waals surface area contributed by atoms with Crippen LogP contribution in [0.4, 0.5) is 5.69 Å². The molecule has 0 bridgehead atoms. The van der Waals surface area contributed by atoms with Crippen molar-refractivity contribution in [3.8, 4) is 0 Å². The average molecular weight is 327 g/mol.